The Balaban J connectivity index is 0.948. The van der Waals surface area contributed by atoms with Crippen LogP contribution in [-0.4, -0.2) is 21.1 Å². The molecular formula is C69H48BN5OPt. The Bertz CT molecular complexity index is 4910. The van der Waals surface area contributed by atoms with Gasteiger partial charge in [0.05, 0.1) is 2.74 Å². The molecule has 0 atom stereocenters. The molecule has 3 aliphatic rings. The summed E-state index contributed by atoms with van der Waals surface area (Å²) in [5, 5.41) is 0. The molecule has 6 nitrogen and oxygen atoms in total. The van der Waals surface area contributed by atoms with Crippen molar-refractivity contribution in [2.24, 2.45) is 0 Å². The van der Waals surface area contributed by atoms with Crippen molar-refractivity contribution in [3.05, 3.63) is 257 Å². The van der Waals surface area contributed by atoms with Crippen molar-refractivity contribution >= 4 is 46.4 Å². The van der Waals surface area contributed by atoms with Gasteiger partial charge in [0.25, 0.3) is 0 Å². The number of ether oxygens (including phenoxy) is 1. The maximum atomic E-state index is 9.97. The Morgan fingerprint density at radius 1 is 0.468 bits per heavy atom. The number of benzene rings is 10. The van der Waals surface area contributed by atoms with Gasteiger partial charge in [0.2, 0.25) is 0 Å². The fourth-order valence-electron chi connectivity index (χ4n) is 11.8. The first-order chi connectivity index (χ1) is 42.4. The Kier molecular flexibility index (Phi) is 8.15. The number of imidazole rings is 1. The second-order valence-electron chi connectivity index (χ2n) is 19.4. The molecule has 368 valence electrons. The second kappa shape index (κ2) is 17.8. The Labute approximate surface area is 474 Å². The molecule has 8 heteroatoms. The first kappa shape index (κ1) is 35.3. The molecule has 0 fully saturated rings. The van der Waals surface area contributed by atoms with Gasteiger partial charge in [0.1, 0.15) is 0 Å². The van der Waals surface area contributed by atoms with Gasteiger partial charge in [-0.15, -0.1) is 0 Å². The van der Waals surface area contributed by atoms with E-state index in [0.29, 0.717) is 45.0 Å². The van der Waals surface area contributed by atoms with E-state index in [9.17, 15) is 6.85 Å². The summed E-state index contributed by atoms with van der Waals surface area (Å²) in [5.41, 5.74) is 12.9. The predicted molar refractivity (Wildman–Crippen MR) is 313 cm³/mol. The van der Waals surface area contributed by atoms with Crippen molar-refractivity contribution in [2.75, 3.05) is 9.62 Å². The maximum absolute atomic E-state index is 9.97. The van der Waals surface area contributed by atoms with Gasteiger partial charge in [-0.3, -0.25) is 0 Å². The average Bonchev–Trinajstić information content (AvgIpc) is 1.31. The molecule has 12 aromatic rings. The molecule has 0 radical (unpaired) electrons. The zero-order valence-corrected chi connectivity index (χ0v) is 43.2. The minimum atomic E-state index is -2.93. The summed E-state index contributed by atoms with van der Waals surface area (Å²) in [6.45, 7) is -8.95. The molecule has 0 saturated heterocycles. The summed E-state index contributed by atoms with van der Waals surface area (Å²) in [6.07, 6.45) is 0. The molecule has 0 amide bonds. The standard InChI is InChI=1S/C69H48BN5O.Pt/c1-44-32-34-49(35-33-44)54-25-17-26-55(50-38-36-48(37-39-50)47-18-6-4-7-19-47)67(54)73-43-72(60-28-12-13-29-61(60)73)52-22-16-23-53(42-52)76-69-64(51-20-8-5-9-21-51)46(3)65-58-41-45(2)40-57-56-24-10-11-27-59(56)74-62-30-14-15-31-63(62)75(68(65)71-69)70(74)66(57)58;/h4-42H,1-3H3;/i1D3,2D3,3D3,40D,41D;. The van der Waals surface area contributed by atoms with Crippen molar-refractivity contribution in [2.45, 2.75) is 20.6 Å². The third-order valence-electron chi connectivity index (χ3n) is 15.1. The SMILES string of the molecule is [2H]c1c2c3c(c([2H])c1C([2H])([2H])[2H])-c1c(nc(Oc4cccc(-n5[c](=[Pt])n(-c6c(-c7ccc(-c8ccccc8)cc7)cccc6-c6ccc(C([2H])([2H])[2H])cc6)c6ccccc65)c4)c(-c4ccccc4)c1C([2H])([2H])[2H])N1B3N(c3ccccc3-2)c2ccccc21. The van der Waals surface area contributed by atoms with Crippen LogP contribution in [0.5, 0.6) is 11.6 Å². The van der Waals surface area contributed by atoms with Crippen LogP contribution in [0.1, 0.15) is 31.8 Å². The van der Waals surface area contributed by atoms with E-state index in [1.807, 2.05) is 126 Å². The van der Waals surface area contributed by atoms with Crippen molar-refractivity contribution < 1.29 is 39.2 Å². The fourth-order valence-corrected chi connectivity index (χ4v) is 12.8. The number of para-hydroxylation sites is 6. The van der Waals surface area contributed by atoms with Crippen LogP contribution in [0.15, 0.2) is 237 Å². The Hall–Kier alpha value is -9.03. The van der Waals surface area contributed by atoms with Crippen LogP contribution in [0.4, 0.5) is 22.9 Å². The van der Waals surface area contributed by atoms with Crippen LogP contribution in [0.3, 0.4) is 0 Å². The summed E-state index contributed by atoms with van der Waals surface area (Å²) in [4.78, 5) is 9.50. The summed E-state index contributed by atoms with van der Waals surface area (Å²) < 4.78 is 112. The molecule has 0 unspecified atom stereocenters. The summed E-state index contributed by atoms with van der Waals surface area (Å²) in [6, 6.07) is 71.1. The molecule has 77 heavy (non-hydrogen) atoms. The second-order valence-corrected chi connectivity index (χ2v) is 20.4. The zero-order chi connectivity index (χ0) is 60.7. The molecule has 0 aliphatic carbocycles. The predicted octanol–water partition coefficient (Wildman–Crippen LogP) is 16.9. The minimum absolute atomic E-state index is 0.0348. The summed E-state index contributed by atoms with van der Waals surface area (Å²) in [5.74, 6) is 0.445. The monoisotopic (exact) mass is 1180 g/mol. The first-order valence-corrected chi connectivity index (χ1v) is 26.5. The summed E-state index contributed by atoms with van der Waals surface area (Å²) >= 11 is 2.36. The van der Waals surface area contributed by atoms with Crippen LogP contribution in [0, 0.1) is 24.4 Å². The topological polar surface area (TPSA) is 38.5 Å². The Morgan fingerprint density at radius 2 is 1.04 bits per heavy atom. The van der Waals surface area contributed by atoms with E-state index in [1.54, 1.807) is 42.5 Å². The van der Waals surface area contributed by atoms with Gasteiger partial charge in [-0.25, -0.2) is 0 Å². The van der Waals surface area contributed by atoms with E-state index < -0.39 is 39.1 Å². The number of nitrogens with zero attached hydrogens (tertiary/aromatic N) is 5. The molecule has 0 bridgehead atoms. The zero-order valence-electron chi connectivity index (χ0n) is 51.9. The molecule has 15 rings (SSSR count). The number of pyridine rings is 1. The number of fused-ring (bicyclic) bond motifs is 10. The van der Waals surface area contributed by atoms with E-state index in [4.69, 9.17) is 17.9 Å². The molecular weight excluding hydrogens is 1120 g/mol. The number of hydrogen-bond acceptors (Lipinski definition) is 4. The third-order valence-corrected chi connectivity index (χ3v) is 16.1. The molecule has 0 saturated carbocycles. The van der Waals surface area contributed by atoms with Gasteiger partial charge in [0.15, 0.2) is 0 Å². The van der Waals surface area contributed by atoms with Crippen molar-refractivity contribution in [3.63, 3.8) is 0 Å². The van der Waals surface area contributed by atoms with E-state index in [-0.39, 0.29) is 45.6 Å². The van der Waals surface area contributed by atoms with E-state index in [1.165, 1.54) is 0 Å². The van der Waals surface area contributed by atoms with E-state index in [2.05, 4.69) is 94.0 Å². The third kappa shape index (κ3) is 7.07. The average molecular weight is 1180 g/mol. The number of anilines is 4. The van der Waals surface area contributed by atoms with Crippen molar-refractivity contribution in [1.29, 1.82) is 0 Å². The van der Waals surface area contributed by atoms with Crippen LogP contribution < -0.4 is 19.8 Å². The van der Waals surface area contributed by atoms with Gasteiger partial charge >= 0.3 is 392 Å². The molecule has 0 spiro atoms. The molecule has 10 aromatic carbocycles. The summed E-state index contributed by atoms with van der Waals surface area (Å²) in [7, 11) is 0. The molecule has 0 N–H and O–H groups in total. The number of hydrogen-bond donors (Lipinski definition) is 0. The number of aromatic nitrogens is 3. The fraction of sp³-hybridized carbons (Fsp3) is 0.0435. The van der Waals surface area contributed by atoms with Crippen LogP contribution >= 0.6 is 0 Å². The van der Waals surface area contributed by atoms with Crippen LogP contribution in [-0.2, 0) is 19.4 Å². The van der Waals surface area contributed by atoms with Gasteiger partial charge < -0.3 is 0 Å². The molecule has 2 aromatic heterocycles. The van der Waals surface area contributed by atoms with Gasteiger partial charge in [-0.1, -0.05) is 36.4 Å². The van der Waals surface area contributed by atoms with Gasteiger partial charge in [0, 0.05) is 15.4 Å². The van der Waals surface area contributed by atoms with E-state index >= 15 is 0 Å². The number of rotatable bonds is 8. The van der Waals surface area contributed by atoms with Crippen molar-refractivity contribution in [3.8, 4) is 89.8 Å². The Morgan fingerprint density at radius 3 is 1.75 bits per heavy atom. The first-order valence-electron chi connectivity index (χ1n) is 30.8. The van der Waals surface area contributed by atoms with Gasteiger partial charge in [-0.2, -0.15) is 0 Å². The molecule has 3 aliphatic heterocycles. The quantitative estimate of drug-likeness (QED) is 0.142. The number of aryl methyl sites for hydroxylation is 1. The van der Waals surface area contributed by atoms with Crippen LogP contribution in [0.25, 0.3) is 89.2 Å². The van der Waals surface area contributed by atoms with E-state index in [0.717, 1.165) is 59.6 Å². The van der Waals surface area contributed by atoms with Gasteiger partial charge in [-0.05, 0) is 30.1 Å². The van der Waals surface area contributed by atoms with Crippen LogP contribution in [0.2, 0.25) is 0 Å². The normalized spacial score (nSPS) is 15.2. The molecule has 5 heterocycles. The van der Waals surface area contributed by atoms with Crippen molar-refractivity contribution in [1.82, 2.24) is 14.1 Å².